The van der Waals surface area contributed by atoms with Gasteiger partial charge in [-0.1, -0.05) is 0 Å². The molecule has 0 rings (SSSR count). The van der Waals surface area contributed by atoms with Crippen molar-refractivity contribution >= 4 is 31.2 Å². The molecule has 0 aromatic carbocycles. The first-order chi connectivity index (χ1) is 8.00. The third-order valence-electron chi connectivity index (χ3n) is 0. The molecule has 0 atom stereocenters. The summed E-state index contributed by atoms with van der Waals surface area (Å²) in [4.78, 5) is 0. The van der Waals surface area contributed by atoms with E-state index in [4.69, 9.17) is 61.4 Å². The van der Waals surface area contributed by atoms with Gasteiger partial charge in [0.1, 0.15) is 0 Å². The Hall–Kier alpha value is -0.530. The van der Waals surface area contributed by atoms with Crippen LogP contribution in [0.2, 0.25) is 0 Å². The van der Waals surface area contributed by atoms with Crippen LogP contribution in [0.1, 0.15) is 0 Å². The summed E-state index contributed by atoms with van der Waals surface area (Å²) in [5, 5.41) is 0. The first-order valence-corrected chi connectivity index (χ1v) is 6.38. The van der Waals surface area contributed by atoms with Crippen molar-refractivity contribution < 1.29 is 61.4 Å². The van der Waals surface area contributed by atoms with E-state index in [2.05, 4.69) is 14.4 Å². The van der Waals surface area contributed by atoms with Gasteiger partial charge in [0.25, 0.3) is 0 Å². The zero-order chi connectivity index (χ0) is 17.5. The van der Waals surface area contributed by atoms with Crippen LogP contribution in [0.4, 0.5) is 8.78 Å². The topological polar surface area (TPSA) is 241 Å². The zero-order valence-electron chi connectivity index (χ0n) is 7.88. The third-order valence-corrected chi connectivity index (χ3v) is 0. The fraction of sp³-hybridized carbons (Fsp3) is 0. The van der Waals surface area contributed by atoms with Crippen molar-refractivity contribution in [2.75, 3.05) is 0 Å². The van der Waals surface area contributed by atoms with E-state index >= 15 is 0 Å². The average molecular weight is 350 g/mol. The molecule has 0 amide bonds. The van der Waals surface area contributed by atoms with Gasteiger partial charge in [-0.25, -0.2) is 0 Å². The van der Waals surface area contributed by atoms with Crippen LogP contribution in [0.3, 0.4) is 0 Å². The van der Waals surface area contributed by atoms with Gasteiger partial charge in [-0.05, 0) is 0 Å². The summed E-state index contributed by atoms with van der Waals surface area (Å²) >= 11 is 0. The molecule has 0 saturated carbocycles. The first-order valence-electron chi connectivity index (χ1n) is 2.38. The van der Waals surface area contributed by atoms with Crippen molar-refractivity contribution in [3.8, 4) is 0 Å². The van der Waals surface area contributed by atoms with E-state index in [1.54, 1.807) is 0 Å². The van der Waals surface area contributed by atoms with Crippen molar-refractivity contribution in [2.24, 2.45) is 0 Å². The average Bonchev–Trinajstić information content (AvgIpc) is 2.01. The Morgan fingerprint density at radius 2 is 0.474 bits per heavy atom. The molecular weight excluding hydrogens is 350 g/mol. The minimum atomic E-state index is -5.17. The summed E-state index contributed by atoms with van der Waals surface area (Å²) in [5.41, 5.74) is 0. The first kappa shape index (κ1) is 31.1. The van der Waals surface area contributed by atoms with Crippen molar-refractivity contribution in [3.05, 3.63) is 14.4 Å². The minimum absolute atomic E-state index is 4.25. The molecule has 0 aliphatic heterocycles. The van der Waals surface area contributed by atoms with Gasteiger partial charge in [0.05, 0.1) is 0 Å². The molecule has 0 N–H and O–H groups in total. The standard InChI is InChI=1S/2CF.3H2O4S/c2*1-2;3*1-5(2,3)4/h;;3*(H2,1,2,3,4)/q2*+3;;;/p-6. The predicted octanol–water partition coefficient (Wildman–Crippen LogP) is -3.01. The Labute approximate surface area is 107 Å². The van der Waals surface area contributed by atoms with E-state index in [0.717, 1.165) is 0 Å². The van der Waals surface area contributed by atoms with Crippen LogP contribution in [0, 0.1) is 14.4 Å². The quantitative estimate of drug-likeness (QED) is 0.313. The molecule has 112 valence electrons. The summed E-state index contributed by atoms with van der Waals surface area (Å²) in [7, 11) is -7.00. The second-order valence-electron chi connectivity index (χ2n) is 1.22. The van der Waals surface area contributed by atoms with E-state index in [9.17, 15) is 0 Å². The van der Waals surface area contributed by atoms with Crippen molar-refractivity contribution in [1.82, 2.24) is 0 Å². The molecule has 0 heterocycles. The Morgan fingerprint density at radius 3 is 0.474 bits per heavy atom. The van der Waals surface area contributed by atoms with Gasteiger partial charge in [0, 0.05) is 31.2 Å². The van der Waals surface area contributed by atoms with Gasteiger partial charge in [-0.3, -0.25) is 25.3 Å². The van der Waals surface area contributed by atoms with Crippen LogP contribution >= 0.6 is 0 Å². The Morgan fingerprint density at radius 1 is 0.474 bits per heavy atom. The fourth-order valence-electron chi connectivity index (χ4n) is 0. The zero-order valence-corrected chi connectivity index (χ0v) is 10.3. The van der Waals surface area contributed by atoms with Gasteiger partial charge in [0.2, 0.25) is 0 Å². The second-order valence-corrected chi connectivity index (χ2v) is 3.67. The third kappa shape index (κ3) is 14900. The molecule has 0 aromatic heterocycles. The molecule has 0 aromatic rings. The molecule has 0 aliphatic carbocycles. The van der Waals surface area contributed by atoms with E-state index < -0.39 is 31.2 Å². The summed E-state index contributed by atoms with van der Waals surface area (Å²) < 4.78 is 120. The maximum absolute atomic E-state index is 8.75. The van der Waals surface area contributed by atoms with E-state index in [-0.39, 0.29) is 0 Å². The molecule has 0 aliphatic rings. The SMILES string of the molecule is O=S(=O)([O-])[O-].O=S(=O)([O-])[O-].O=S(=O)([O-])[O-].[C+3]F.[C+3]F. The molecule has 0 fully saturated rings. The number of hydrogen-bond donors (Lipinski definition) is 0. The predicted molar refractivity (Wildman–Crippen MR) is 40.1 cm³/mol. The summed E-state index contributed by atoms with van der Waals surface area (Å²) in [5.74, 6) is 0. The molecule has 0 bridgehead atoms. The molecule has 19 heavy (non-hydrogen) atoms. The number of hydrogen-bond acceptors (Lipinski definition) is 12. The molecule has 17 heteroatoms. The molecule has 0 spiro atoms. The summed E-state index contributed by atoms with van der Waals surface area (Å²) in [6.45, 7) is 0. The molecule has 12 nitrogen and oxygen atoms in total. The molecule has 0 radical (unpaired) electrons. The van der Waals surface area contributed by atoms with Gasteiger partial charge in [0.15, 0.2) is 0 Å². The van der Waals surface area contributed by atoms with Crippen LogP contribution < -0.4 is 0 Å². The normalized spacial score (nSPS) is 9.89. The summed E-state index contributed by atoms with van der Waals surface area (Å²) in [6, 6.07) is 0. The van der Waals surface area contributed by atoms with Crippen LogP contribution in [-0.4, -0.2) is 52.6 Å². The van der Waals surface area contributed by atoms with Crippen molar-refractivity contribution in [3.63, 3.8) is 0 Å². The Bertz CT molecular complexity index is 350. The number of rotatable bonds is 0. The Kier molecular flexibility index (Phi) is 25.4. The summed E-state index contributed by atoms with van der Waals surface area (Å²) in [6.07, 6.45) is 0. The van der Waals surface area contributed by atoms with Crippen LogP contribution in [0.5, 0.6) is 0 Å². The van der Waals surface area contributed by atoms with E-state index in [0.29, 0.717) is 0 Å². The van der Waals surface area contributed by atoms with Gasteiger partial charge < -0.3 is 27.3 Å². The van der Waals surface area contributed by atoms with Crippen molar-refractivity contribution in [1.29, 1.82) is 0 Å². The van der Waals surface area contributed by atoms with Crippen LogP contribution in [0.25, 0.3) is 0 Å². The van der Waals surface area contributed by atoms with Gasteiger partial charge in [-0.15, -0.1) is 0 Å². The number of halogens is 2. The molecule has 0 saturated heterocycles. The van der Waals surface area contributed by atoms with Crippen molar-refractivity contribution in [2.45, 2.75) is 0 Å². The van der Waals surface area contributed by atoms with Crippen LogP contribution in [-0.2, 0) is 31.2 Å². The molecule has 0 unspecified atom stereocenters. The maximum atomic E-state index is 8.75. The van der Waals surface area contributed by atoms with E-state index in [1.165, 1.54) is 0 Å². The second kappa shape index (κ2) is 15.5. The van der Waals surface area contributed by atoms with E-state index in [1.807, 2.05) is 0 Å². The molecular formula is C2F2O12S3. The van der Waals surface area contributed by atoms with Crippen LogP contribution in [0.15, 0.2) is 0 Å². The Balaban J connectivity index is -0.0000000455. The fourth-order valence-corrected chi connectivity index (χ4v) is 0. The van der Waals surface area contributed by atoms with Gasteiger partial charge in [-0.2, -0.15) is 0 Å². The van der Waals surface area contributed by atoms with Gasteiger partial charge >= 0.3 is 23.1 Å². The monoisotopic (exact) mass is 350 g/mol.